The van der Waals surface area contributed by atoms with Crippen LogP contribution in [0.15, 0.2) is 52.4 Å². The van der Waals surface area contributed by atoms with Crippen LogP contribution in [0.3, 0.4) is 0 Å². The fourth-order valence-corrected chi connectivity index (χ4v) is 5.37. The van der Waals surface area contributed by atoms with E-state index in [1.165, 1.54) is 0 Å². The SMILES string of the molecule is O=C1CSc2ccc(CNC3CCN(CCn4c(=O)ccc5ccncc54)CC3)nc2C1. The lowest BCUT2D eigenvalue weighted by Gasteiger charge is -2.32. The molecular formula is C24H27N5O2S. The Morgan fingerprint density at radius 2 is 1.94 bits per heavy atom. The fraction of sp³-hybridized carbons (Fsp3) is 0.417. The van der Waals surface area contributed by atoms with E-state index in [1.807, 2.05) is 16.7 Å². The number of piperidine rings is 1. The predicted octanol–water partition coefficient (Wildman–Crippen LogP) is 2.26. The Bertz CT molecular complexity index is 1190. The molecule has 0 saturated carbocycles. The minimum Gasteiger partial charge on any atom is -0.308 e. The van der Waals surface area contributed by atoms with Gasteiger partial charge >= 0.3 is 0 Å². The van der Waals surface area contributed by atoms with Gasteiger partial charge in [-0.15, -0.1) is 11.8 Å². The maximum absolute atomic E-state index is 12.4. The van der Waals surface area contributed by atoms with Gasteiger partial charge in [0, 0.05) is 48.2 Å². The van der Waals surface area contributed by atoms with Gasteiger partial charge in [-0.3, -0.25) is 19.6 Å². The molecule has 32 heavy (non-hydrogen) atoms. The Morgan fingerprint density at radius 3 is 2.81 bits per heavy atom. The van der Waals surface area contributed by atoms with Crippen molar-refractivity contribution in [2.75, 3.05) is 25.4 Å². The average Bonchev–Trinajstić information content (AvgIpc) is 2.82. The second-order valence-corrected chi connectivity index (χ2v) is 9.52. The zero-order chi connectivity index (χ0) is 21.9. The Labute approximate surface area is 191 Å². The third kappa shape index (κ3) is 4.77. The molecule has 5 rings (SSSR count). The van der Waals surface area contributed by atoms with E-state index in [9.17, 15) is 9.59 Å². The van der Waals surface area contributed by atoms with Gasteiger partial charge in [0.25, 0.3) is 5.56 Å². The van der Waals surface area contributed by atoms with Gasteiger partial charge in [-0.05, 0) is 50.2 Å². The molecule has 5 heterocycles. The number of likely N-dealkylation sites (tertiary alicyclic amines) is 1. The molecule has 0 unspecified atom stereocenters. The molecule has 8 heteroatoms. The number of nitrogens with zero attached hydrogens (tertiary/aromatic N) is 4. The number of thioether (sulfide) groups is 1. The van der Waals surface area contributed by atoms with Crippen molar-refractivity contribution in [1.82, 2.24) is 24.8 Å². The number of nitrogens with one attached hydrogen (secondary N) is 1. The second kappa shape index (κ2) is 9.52. The van der Waals surface area contributed by atoms with E-state index in [0.717, 1.165) is 66.2 Å². The monoisotopic (exact) mass is 449 g/mol. The van der Waals surface area contributed by atoms with E-state index >= 15 is 0 Å². The third-order valence-electron chi connectivity index (χ3n) is 6.34. The van der Waals surface area contributed by atoms with Gasteiger partial charge < -0.3 is 14.8 Å². The fourth-order valence-electron chi connectivity index (χ4n) is 4.50. The van der Waals surface area contributed by atoms with Gasteiger partial charge in [0.15, 0.2) is 0 Å². The van der Waals surface area contributed by atoms with Gasteiger partial charge in [0.2, 0.25) is 0 Å². The largest absolute Gasteiger partial charge is 0.308 e. The zero-order valence-corrected chi connectivity index (χ0v) is 18.8. The lowest BCUT2D eigenvalue weighted by Crippen LogP contribution is -2.43. The van der Waals surface area contributed by atoms with Crippen molar-refractivity contribution >= 4 is 28.4 Å². The van der Waals surface area contributed by atoms with Crippen LogP contribution in [0.5, 0.6) is 0 Å². The van der Waals surface area contributed by atoms with Crippen molar-refractivity contribution in [3.63, 3.8) is 0 Å². The van der Waals surface area contributed by atoms with Crippen molar-refractivity contribution < 1.29 is 4.79 Å². The number of carbonyl (C=O) groups excluding carboxylic acids is 1. The van der Waals surface area contributed by atoms with Crippen LogP contribution in [0.2, 0.25) is 0 Å². The van der Waals surface area contributed by atoms with Crippen LogP contribution in [0.25, 0.3) is 10.9 Å². The molecule has 0 radical (unpaired) electrons. The van der Waals surface area contributed by atoms with E-state index in [1.54, 1.807) is 30.2 Å². The quantitative estimate of drug-likeness (QED) is 0.618. The van der Waals surface area contributed by atoms with Crippen LogP contribution in [-0.4, -0.2) is 56.6 Å². The first-order valence-corrected chi connectivity index (χ1v) is 12.2. The first-order valence-electron chi connectivity index (χ1n) is 11.2. The molecule has 0 bridgehead atoms. The minimum atomic E-state index is 0.0275. The molecule has 0 aromatic carbocycles. The van der Waals surface area contributed by atoms with Gasteiger partial charge in [-0.1, -0.05) is 0 Å². The molecule has 0 spiro atoms. The number of hydrogen-bond acceptors (Lipinski definition) is 7. The molecule has 0 atom stereocenters. The first kappa shape index (κ1) is 21.3. The standard InChI is InChI=1S/C24H27N5O2S/c30-20-13-21-23(32-16-20)3-2-19(27-21)14-26-18-6-9-28(10-7-18)11-12-29-22-15-25-8-5-17(22)1-4-24(29)31/h1-5,8,15,18,26H,6-7,9-14,16H2. The highest BCUT2D eigenvalue weighted by molar-refractivity contribution is 8.00. The summed E-state index contributed by atoms with van der Waals surface area (Å²) in [6, 6.07) is 10.1. The lowest BCUT2D eigenvalue weighted by atomic mass is 10.0. The van der Waals surface area contributed by atoms with E-state index < -0.39 is 0 Å². The van der Waals surface area contributed by atoms with Crippen LogP contribution in [0, 0.1) is 0 Å². The summed E-state index contributed by atoms with van der Waals surface area (Å²) in [4.78, 5) is 36.5. The number of Topliss-reactive ketones (excluding diaryl/α,β-unsaturated/α-hetero) is 1. The number of hydrogen-bond donors (Lipinski definition) is 1. The summed E-state index contributed by atoms with van der Waals surface area (Å²) in [7, 11) is 0. The molecule has 2 aliphatic heterocycles. The topological polar surface area (TPSA) is 80.1 Å². The highest BCUT2D eigenvalue weighted by Gasteiger charge is 2.20. The van der Waals surface area contributed by atoms with E-state index in [4.69, 9.17) is 4.98 Å². The highest BCUT2D eigenvalue weighted by Crippen LogP contribution is 2.27. The summed E-state index contributed by atoms with van der Waals surface area (Å²) < 4.78 is 1.83. The number of fused-ring (bicyclic) bond motifs is 2. The number of carbonyl (C=O) groups is 1. The van der Waals surface area contributed by atoms with Gasteiger partial charge in [-0.2, -0.15) is 0 Å². The molecule has 2 aliphatic rings. The number of aromatic nitrogens is 3. The second-order valence-electron chi connectivity index (χ2n) is 8.51. The van der Waals surface area contributed by atoms with Crippen molar-refractivity contribution in [3.8, 4) is 0 Å². The summed E-state index contributed by atoms with van der Waals surface area (Å²) in [5, 5.41) is 4.68. The van der Waals surface area contributed by atoms with Gasteiger partial charge in [0.05, 0.1) is 35.3 Å². The normalized spacial score (nSPS) is 17.6. The Kier molecular flexibility index (Phi) is 6.34. The summed E-state index contributed by atoms with van der Waals surface area (Å²) >= 11 is 1.59. The molecular weight excluding hydrogens is 422 g/mol. The Hall–Kier alpha value is -2.55. The van der Waals surface area contributed by atoms with E-state index in [0.29, 0.717) is 24.8 Å². The molecule has 1 saturated heterocycles. The molecule has 0 aliphatic carbocycles. The van der Waals surface area contributed by atoms with Gasteiger partial charge in [0.1, 0.15) is 5.78 Å². The summed E-state index contributed by atoms with van der Waals surface area (Å²) in [5.74, 6) is 0.825. The molecule has 1 N–H and O–H groups in total. The minimum absolute atomic E-state index is 0.0275. The average molecular weight is 450 g/mol. The molecule has 7 nitrogen and oxygen atoms in total. The van der Waals surface area contributed by atoms with E-state index in [-0.39, 0.29) is 11.3 Å². The highest BCUT2D eigenvalue weighted by atomic mass is 32.2. The van der Waals surface area contributed by atoms with Crippen LogP contribution in [0.1, 0.15) is 24.2 Å². The van der Waals surface area contributed by atoms with Crippen LogP contribution >= 0.6 is 11.8 Å². The van der Waals surface area contributed by atoms with Crippen molar-refractivity contribution in [3.05, 3.63) is 64.5 Å². The Balaban J connectivity index is 1.12. The zero-order valence-electron chi connectivity index (χ0n) is 18.0. The third-order valence-corrected chi connectivity index (χ3v) is 7.49. The van der Waals surface area contributed by atoms with Crippen molar-refractivity contribution in [1.29, 1.82) is 0 Å². The van der Waals surface area contributed by atoms with Crippen LogP contribution in [-0.2, 0) is 24.3 Å². The summed E-state index contributed by atoms with van der Waals surface area (Å²) in [6.07, 6.45) is 6.14. The van der Waals surface area contributed by atoms with Crippen molar-refractivity contribution in [2.24, 2.45) is 0 Å². The molecule has 1 fully saturated rings. The predicted molar refractivity (Wildman–Crippen MR) is 126 cm³/mol. The summed E-state index contributed by atoms with van der Waals surface area (Å²) in [5.41, 5.74) is 2.86. The maximum atomic E-state index is 12.4. The smallest absolute Gasteiger partial charge is 0.251 e. The van der Waals surface area contributed by atoms with Crippen LogP contribution in [0.4, 0.5) is 0 Å². The number of rotatable bonds is 6. The maximum Gasteiger partial charge on any atom is 0.251 e. The lowest BCUT2D eigenvalue weighted by molar-refractivity contribution is -0.116. The first-order chi connectivity index (χ1) is 15.7. The van der Waals surface area contributed by atoms with E-state index in [2.05, 4.69) is 27.3 Å². The molecule has 166 valence electrons. The van der Waals surface area contributed by atoms with Crippen LogP contribution < -0.4 is 10.9 Å². The van der Waals surface area contributed by atoms with Gasteiger partial charge in [-0.25, -0.2) is 0 Å². The van der Waals surface area contributed by atoms with Crippen molar-refractivity contribution in [2.45, 2.75) is 43.3 Å². The molecule has 0 amide bonds. The molecule has 3 aromatic heterocycles. The number of ketones is 1. The summed E-state index contributed by atoms with van der Waals surface area (Å²) in [6.45, 7) is 4.29. The molecule has 3 aromatic rings. The number of pyridine rings is 3. The Morgan fingerprint density at radius 1 is 1.06 bits per heavy atom.